The van der Waals surface area contributed by atoms with E-state index in [1.807, 2.05) is 6.92 Å². The highest BCUT2D eigenvalue weighted by Crippen LogP contribution is 1.89. The average molecular weight is 188 g/mol. The molecule has 1 amide bonds. The molecule has 0 bridgehead atoms. The molecule has 0 aliphatic heterocycles. The highest BCUT2D eigenvalue weighted by atomic mass is 16.4. The van der Waals surface area contributed by atoms with Crippen molar-refractivity contribution in [3.05, 3.63) is 0 Å². The van der Waals surface area contributed by atoms with Gasteiger partial charge in [0.25, 0.3) is 0 Å². The second-order valence-electron chi connectivity index (χ2n) is 2.63. The lowest BCUT2D eigenvalue weighted by atomic mass is 10.2. The molecule has 5 heteroatoms. The van der Waals surface area contributed by atoms with E-state index in [-0.39, 0.29) is 12.5 Å². The van der Waals surface area contributed by atoms with Gasteiger partial charge in [-0.05, 0) is 13.3 Å². The van der Waals surface area contributed by atoms with E-state index in [0.29, 0.717) is 13.0 Å². The first-order valence-corrected chi connectivity index (χ1v) is 4.34. The van der Waals surface area contributed by atoms with Crippen molar-refractivity contribution in [1.82, 2.24) is 10.6 Å². The highest BCUT2D eigenvalue weighted by molar-refractivity contribution is 5.79. The van der Waals surface area contributed by atoms with Crippen LogP contribution in [-0.4, -0.2) is 36.1 Å². The van der Waals surface area contributed by atoms with Gasteiger partial charge in [0.05, 0.1) is 6.54 Å². The Bertz CT molecular complexity index is 182. The van der Waals surface area contributed by atoms with Gasteiger partial charge < -0.3 is 10.4 Å². The molecule has 0 fully saturated rings. The van der Waals surface area contributed by atoms with Crippen LogP contribution < -0.4 is 10.6 Å². The molecule has 5 nitrogen and oxygen atoms in total. The third kappa shape index (κ3) is 5.19. The Morgan fingerprint density at radius 2 is 2.00 bits per heavy atom. The van der Waals surface area contributed by atoms with E-state index in [2.05, 4.69) is 10.6 Å². The summed E-state index contributed by atoms with van der Waals surface area (Å²) in [5.74, 6) is -1.10. The first-order chi connectivity index (χ1) is 6.11. The number of hydrogen-bond donors (Lipinski definition) is 3. The minimum Gasteiger partial charge on any atom is -0.480 e. The fourth-order valence-electron chi connectivity index (χ4n) is 0.882. The second-order valence-corrected chi connectivity index (χ2v) is 2.63. The van der Waals surface area contributed by atoms with Crippen LogP contribution in [0.1, 0.15) is 20.3 Å². The van der Waals surface area contributed by atoms with Gasteiger partial charge in [-0.1, -0.05) is 6.92 Å². The van der Waals surface area contributed by atoms with Crippen molar-refractivity contribution < 1.29 is 14.7 Å². The molecule has 0 aromatic rings. The molecule has 13 heavy (non-hydrogen) atoms. The summed E-state index contributed by atoms with van der Waals surface area (Å²) < 4.78 is 0. The molecular formula is C8H16N2O3. The zero-order valence-electron chi connectivity index (χ0n) is 7.96. The molecule has 0 heterocycles. The molecule has 76 valence electrons. The lowest BCUT2D eigenvalue weighted by molar-refractivity contribution is -0.139. The van der Waals surface area contributed by atoms with E-state index < -0.39 is 12.0 Å². The van der Waals surface area contributed by atoms with Crippen molar-refractivity contribution in [2.24, 2.45) is 0 Å². The summed E-state index contributed by atoms with van der Waals surface area (Å²) in [7, 11) is 0. The molecule has 0 spiro atoms. The number of nitrogens with one attached hydrogen (secondary N) is 2. The number of hydrogen-bond acceptors (Lipinski definition) is 3. The van der Waals surface area contributed by atoms with Crippen molar-refractivity contribution in [3.63, 3.8) is 0 Å². The lowest BCUT2D eigenvalue weighted by Crippen LogP contribution is -2.42. The van der Waals surface area contributed by atoms with E-state index in [4.69, 9.17) is 5.11 Å². The van der Waals surface area contributed by atoms with Gasteiger partial charge in [0.1, 0.15) is 6.04 Å². The van der Waals surface area contributed by atoms with E-state index >= 15 is 0 Å². The summed E-state index contributed by atoms with van der Waals surface area (Å²) in [6, 6.07) is -0.636. The monoisotopic (exact) mass is 188 g/mol. The number of likely N-dealkylation sites (N-methyl/N-ethyl adjacent to an activating group) is 1. The van der Waals surface area contributed by atoms with E-state index in [0.717, 1.165) is 0 Å². The summed E-state index contributed by atoms with van der Waals surface area (Å²) in [6.45, 7) is 4.18. The van der Waals surface area contributed by atoms with E-state index in [1.165, 1.54) is 0 Å². The normalized spacial score (nSPS) is 12.2. The minimum atomic E-state index is -0.924. The Labute approximate surface area is 77.5 Å². The number of amides is 1. The van der Waals surface area contributed by atoms with Crippen LogP contribution in [0.2, 0.25) is 0 Å². The first-order valence-electron chi connectivity index (χ1n) is 4.34. The molecule has 1 unspecified atom stereocenters. The van der Waals surface area contributed by atoms with E-state index in [9.17, 15) is 9.59 Å². The van der Waals surface area contributed by atoms with Crippen LogP contribution in [0, 0.1) is 0 Å². The van der Waals surface area contributed by atoms with Gasteiger partial charge in [0, 0.05) is 6.54 Å². The number of carbonyl (C=O) groups is 2. The maximum absolute atomic E-state index is 10.9. The Balaban J connectivity index is 3.72. The van der Waals surface area contributed by atoms with Crippen molar-refractivity contribution in [3.8, 4) is 0 Å². The number of rotatable bonds is 6. The summed E-state index contributed by atoms with van der Waals surface area (Å²) >= 11 is 0. The zero-order chi connectivity index (χ0) is 10.3. The molecule has 0 saturated heterocycles. The Morgan fingerprint density at radius 1 is 1.38 bits per heavy atom. The fourth-order valence-corrected chi connectivity index (χ4v) is 0.882. The zero-order valence-corrected chi connectivity index (χ0v) is 7.96. The Morgan fingerprint density at radius 3 is 2.38 bits per heavy atom. The van der Waals surface area contributed by atoms with Crippen LogP contribution in [0.25, 0.3) is 0 Å². The van der Waals surface area contributed by atoms with Crippen molar-refractivity contribution in [2.75, 3.05) is 13.1 Å². The Hall–Kier alpha value is -1.10. The number of carboxylic acid groups (broad SMARTS) is 1. The summed E-state index contributed by atoms with van der Waals surface area (Å²) in [5, 5.41) is 13.8. The van der Waals surface area contributed by atoms with Crippen molar-refractivity contribution >= 4 is 11.9 Å². The molecular weight excluding hydrogens is 172 g/mol. The maximum atomic E-state index is 10.9. The van der Waals surface area contributed by atoms with E-state index in [1.54, 1.807) is 6.92 Å². The van der Waals surface area contributed by atoms with Gasteiger partial charge in [0.15, 0.2) is 0 Å². The quantitative estimate of drug-likeness (QED) is 0.529. The molecule has 0 saturated carbocycles. The molecule has 3 N–H and O–H groups in total. The predicted molar refractivity (Wildman–Crippen MR) is 48.4 cm³/mol. The van der Waals surface area contributed by atoms with Gasteiger partial charge in [-0.2, -0.15) is 0 Å². The van der Waals surface area contributed by atoms with Crippen molar-refractivity contribution in [1.29, 1.82) is 0 Å². The highest BCUT2D eigenvalue weighted by Gasteiger charge is 2.14. The van der Waals surface area contributed by atoms with Crippen LogP contribution in [0.4, 0.5) is 0 Å². The molecule has 0 aliphatic carbocycles. The summed E-state index contributed by atoms with van der Waals surface area (Å²) in [5.41, 5.74) is 0. The van der Waals surface area contributed by atoms with Crippen LogP contribution in [0.3, 0.4) is 0 Å². The van der Waals surface area contributed by atoms with Crippen molar-refractivity contribution in [2.45, 2.75) is 26.3 Å². The Kier molecular flexibility index (Phi) is 5.88. The number of aliphatic carboxylic acids is 1. The molecule has 0 aromatic heterocycles. The topological polar surface area (TPSA) is 78.4 Å². The predicted octanol–water partition coefficient (Wildman–Crippen LogP) is -0.425. The van der Waals surface area contributed by atoms with Crippen LogP contribution in [0.15, 0.2) is 0 Å². The second kappa shape index (κ2) is 6.42. The molecule has 1 atom stereocenters. The minimum absolute atomic E-state index is 0.0542. The van der Waals surface area contributed by atoms with Crippen LogP contribution >= 0.6 is 0 Å². The van der Waals surface area contributed by atoms with Gasteiger partial charge in [-0.15, -0.1) is 0 Å². The summed E-state index contributed by atoms with van der Waals surface area (Å²) in [4.78, 5) is 21.4. The fraction of sp³-hybridized carbons (Fsp3) is 0.750. The SMILES string of the molecule is CCNC(=O)CNC(CC)C(=O)O. The molecule has 0 aromatic carbocycles. The van der Waals surface area contributed by atoms with Crippen LogP contribution in [0.5, 0.6) is 0 Å². The lowest BCUT2D eigenvalue weighted by Gasteiger charge is -2.11. The standard InChI is InChI=1S/C8H16N2O3/c1-3-6(8(12)13)10-5-7(11)9-4-2/h6,10H,3-5H2,1-2H3,(H,9,11)(H,12,13). The first kappa shape index (κ1) is 11.9. The van der Waals surface area contributed by atoms with Gasteiger partial charge in [-0.3, -0.25) is 14.9 Å². The molecule has 0 rings (SSSR count). The smallest absolute Gasteiger partial charge is 0.320 e. The largest absolute Gasteiger partial charge is 0.480 e. The number of carbonyl (C=O) groups excluding carboxylic acids is 1. The third-order valence-electron chi connectivity index (χ3n) is 1.59. The molecule has 0 radical (unpaired) electrons. The molecule has 0 aliphatic rings. The summed E-state index contributed by atoms with van der Waals surface area (Å²) in [6.07, 6.45) is 0.467. The number of carboxylic acids is 1. The maximum Gasteiger partial charge on any atom is 0.320 e. The third-order valence-corrected chi connectivity index (χ3v) is 1.59. The van der Waals surface area contributed by atoms with Gasteiger partial charge >= 0.3 is 5.97 Å². The van der Waals surface area contributed by atoms with Gasteiger partial charge in [0.2, 0.25) is 5.91 Å². The average Bonchev–Trinajstić information content (AvgIpc) is 2.05. The van der Waals surface area contributed by atoms with Crippen LogP contribution in [-0.2, 0) is 9.59 Å². The van der Waals surface area contributed by atoms with Gasteiger partial charge in [-0.25, -0.2) is 0 Å².